The van der Waals surface area contributed by atoms with Crippen LogP contribution in [0.2, 0.25) is 0 Å². The zero-order valence-corrected chi connectivity index (χ0v) is 13.8. The van der Waals surface area contributed by atoms with E-state index in [9.17, 15) is 0 Å². The number of rotatable bonds is 6. The van der Waals surface area contributed by atoms with E-state index in [0.717, 1.165) is 25.1 Å². The Kier molecular flexibility index (Phi) is 4.63. The van der Waals surface area contributed by atoms with Crippen LogP contribution in [0, 0.1) is 0 Å². The summed E-state index contributed by atoms with van der Waals surface area (Å²) in [6, 6.07) is 12.8. The smallest absolute Gasteiger partial charge is 0.0701 e. The van der Waals surface area contributed by atoms with Gasteiger partial charge in [0.15, 0.2) is 0 Å². The van der Waals surface area contributed by atoms with Crippen molar-refractivity contribution in [2.24, 2.45) is 5.73 Å². The number of pyridine rings is 1. The van der Waals surface area contributed by atoms with Crippen molar-refractivity contribution in [2.75, 3.05) is 11.6 Å². The Labute approximate surface area is 137 Å². The summed E-state index contributed by atoms with van der Waals surface area (Å²) < 4.78 is 2.26. The highest BCUT2D eigenvalue weighted by Gasteiger charge is 2.15. The number of nitrogens with zero attached hydrogens (tertiary/aromatic N) is 3. The van der Waals surface area contributed by atoms with Crippen molar-refractivity contribution in [1.29, 1.82) is 0 Å². The number of anilines is 1. The lowest BCUT2D eigenvalue weighted by Crippen LogP contribution is -2.29. The van der Waals surface area contributed by atoms with Gasteiger partial charge in [-0.1, -0.05) is 25.1 Å². The number of hydrogen-bond acceptors (Lipinski definition) is 3. The molecular weight excluding hydrogens is 284 g/mol. The third-order valence-electron chi connectivity index (χ3n) is 3.97. The third kappa shape index (κ3) is 3.22. The summed E-state index contributed by atoms with van der Waals surface area (Å²) in [5.74, 6) is 0. The highest BCUT2D eigenvalue weighted by molar-refractivity contribution is 5.84. The van der Waals surface area contributed by atoms with Crippen molar-refractivity contribution in [3.63, 3.8) is 0 Å². The average Bonchev–Trinajstić information content (AvgIpc) is 2.91. The van der Waals surface area contributed by atoms with Crippen LogP contribution < -0.4 is 10.7 Å². The lowest BCUT2D eigenvalue weighted by Gasteiger charge is -2.26. The second-order valence-corrected chi connectivity index (χ2v) is 6.03. The van der Waals surface area contributed by atoms with Gasteiger partial charge in [-0.25, -0.2) is 0 Å². The average molecular weight is 308 g/mol. The molecule has 1 aromatic carbocycles. The van der Waals surface area contributed by atoms with E-state index in [-0.39, 0.29) is 6.04 Å². The van der Waals surface area contributed by atoms with Gasteiger partial charge in [-0.05, 0) is 43.5 Å². The molecule has 4 nitrogen and oxygen atoms in total. The Morgan fingerprint density at radius 1 is 1.17 bits per heavy atom. The number of nitrogens with two attached hydrogens (primary N) is 1. The molecule has 0 saturated heterocycles. The molecule has 120 valence electrons. The van der Waals surface area contributed by atoms with Crippen molar-refractivity contribution in [3.8, 4) is 0 Å². The Hall–Kier alpha value is -2.33. The van der Waals surface area contributed by atoms with Gasteiger partial charge in [0.2, 0.25) is 0 Å². The summed E-state index contributed by atoms with van der Waals surface area (Å²) in [4.78, 5) is 4.14. The van der Waals surface area contributed by atoms with Crippen LogP contribution in [-0.2, 0) is 6.42 Å². The Bertz CT molecular complexity index is 761. The molecule has 3 aromatic rings. The quantitative estimate of drug-likeness (QED) is 0.757. The fourth-order valence-corrected chi connectivity index (χ4v) is 3.03. The van der Waals surface area contributed by atoms with E-state index in [0.29, 0.717) is 0 Å². The maximum Gasteiger partial charge on any atom is 0.0701 e. The molecule has 2 heterocycles. The Morgan fingerprint density at radius 2 is 1.91 bits per heavy atom. The molecule has 0 aliphatic rings. The first-order chi connectivity index (χ1) is 11.2. The molecule has 23 heavy (non-hydrogen) atoms. The van der Waals surface area contributed by atoms with Gasteiger partial charge in [0.05, 0.1) is 11.2 Å². The van der Waals surface area contributed by atoms with Gasteiger partial charge < -0.3 is 5.73 Å². The molecule has 0 spiro atoms. The van der Waals surface area contributed by atoms with E-state index in [4.69, 9.17) is 5.73 Å². The van der Waals surface area contributed by atoms with E-state index in [1.807, 2.05) is 12.4 Å². The Balaban J connectivity index is 2.13. The molecule has 0 aliphatic heterocycles. The molecule has 0 aliphatic carbocycles. The predicted octanol–water partition coefficient (Wildman–Crippen LogP) is 3.61. The summed E-state index contributed by atoms with van der Waals surface area (Å²) >= 11 is 0. The van der Waals surface area contributed by atoms with Crippen LogP contribution in [0.15, 0.2) is 55.0 Å². The van der Waals surface area contributed by atoms with Crippen LogP contribution in [0.1, 0.15) is 25.8 Å². The van der Waals surface area contributed by atoms with Crippen LogP contribution in [0.5, 0.6) is 0 Å². The molecular formula is C19H24N4. The first-order valence-electron chi connectivity index (χ1n) is 8.23. The number of benzene rings is 1. The van der Waals surface area contributed by atoms with Crippen LogP contribution in [0.25, 0.3) is 10.9 Å². The first kappa shape index (κ1) is 15.6. The highest BCUT2D eigenvalue weighted by atomic mass is 15.5. The van der Waals surface area contributed by atoms with Gasteiger partial charge in [-0.15, -0.1) is 0 Å². The van der Waals surface area contributed by atoms with Crippen LogP contribution in [0.4, 0.5) is 5.69 Å². The number of hydrogen-bond donors (Lipinski definition) is 1. The number of para-hydroxylation sites is 1. The molecule has 3 rings (SSSR count). The largest absolute Gasteiger partial charge is 0.328 e. The summed E-state index contributed by atoms with van der Waals surface area (Å²) in [6.07, 6.45) is 7.85. The summed E-state index contributed by atoms with van der Waals surface area (Å²) in [5, 5.41) is 3.58. The predicted molar refractivity (Wildman–Crippen MR) is 96.6 cm³/mol. The van der Waals surface area contributed by atoms with Crippen molar-refractivity contribution in [3.05, 3.63) is 60.6 Å². The third-order valence-corrected chi connectivity index (χ3v) is 3.97. The highest BCUT2D eigenvalue weighted by Crippen LogP contribution is 2.26. The van der Waals surface area contributed by atoms with Crippen LogP contribution in [-0.4, -0.2) is 22.2 Å². The van der Waals surface area contributed by atoms with Crippen LogP contribution in [0.3, 0.4) is 0 Å². The summed E-state index contributed by atoms with van der Waals surface area (Å²) in [5.41, 5.74) is 9.70. The molecule has 0 fully saturated rings. The second-order valence-electron chi connectivity index (χ2n) is 6.03. The van der Waals surface area contributed by atoms with Crippen LogP contribution >= 0.6 is 0 Å². The van der Waals surface area contributed by atoms with E-state index in [1.54, 1.807) is 0 Å². The second kappa shape index (κ2) is 6.84. The monoisotopic (exact) mass is 308 g/mol. The van der Waals surface area contributed by atoms with E-state index in [2.05, 4.69) is 71.1 Å². The topological polar surface area (TPSA) is 47.1 Å². The maximum absolute atomic E-state index is 6.04. The van der Waals surface area contributed by atoms with Gasteiger partial charge in [0.1, 0.15) is 0 Å². The Morgan fingerprint density at radius 3 is 2.61 bits per heavy atom. The maximum atomic E-state index is 6.04. The molecule has 2 N–H and O–H groups in total. The van der Waals surface area contributed by atoms with E-state index in [1.165, 1.54) is 16.5 Å². The zero-order chi connectivity index (χ0) is 16.2. The van der Waals surface area contributed by atoms with Crippen molar-refractivity contribution < 1.29 is 0 Å². The SMILES string of the molecule is CCCN(c1ccncc1)n1cc(CC(C)N)c2ccccc21. The normalized spacial score (nSPS) is 12.5. The van der Waals surface area contributed by atoms with Crippen molar-refractivity contribution >= 4 is 16.6 Å². The summed E-state index contributed by atoms with van der Waals surface area (Å²) in [7, 11) is 0. The fraction of sp³-hybridized carbons (Fsp3) is 0.316. The van der Waals surface area contributed by atoms with E-state index < -0.39 is 0 Å². The van der Waals surface area contributed by atoms with Gasteiger partial charge in [-0.2, -0.15) is 0 Å². The standard InChI is InChI=1S/C19H24N4/c1-3-12-22(17-8-10-21-11-9-17)23-14-16(13-15(2)20)18-6-4-5-7-19(18)23/h4-11,14-15H,3,12-13,20H2,1-2H3. The lowest BCUT2D eigenvalue weighted by molar-refractivity contribution is 0.687. The first-order valence-corrected chi connectivity index (χ1v) is 8.23. The van der Waals surface area contributed by atoms with Gasteiger partial charge in [-0.3, -0.25) is 14.7 Å². The van der Waals surface area contributed by atoms with Gasteiger partial charge in [0.25, 0.3) is 0 Å². The van der Waals surface area contributed by atoms with Crippen molar-refractivity contribution in [1.82, 2.24) is 9.66 Å². The molecule has 0 radical (unpaired) electrons. The van der Waals surface area contributed by atoms with E-state index >= 15 is 0 Å². The van der Waals surface area contributed by atoms with Crippen molar-refractivity contribution in [2.45, 2.75) is 32.7 Å². The fourth-order valence-electron chi connectivity index (χ4n) is 3.03. The molecule has 0 amide bonds. The number of aromatic nitrogens is 2. The molecule has 1 unspecified atom stereocenters. The molecule has 0 bridgehead atoms. The minimum absolute atomic E-state index is 0.148. The molecule has 2 aromatic heterocycles. The molecule has 4 heteroatoms. The number of fused-ring (bicyclic) bond motifs is 1. The minimum atomic E-state index is 0.148. The lowest BCUT2D eigenvalue weighted by atomic mass is 10.1. The van der Waals surface area contributed by atoms with Gasteiger partial charge >= 0.3 is 0 Å². The minimum Gasteiger partial charge on any atom is -0.328 e. The summed E-state index contributed by atoms with van der Waals surface area (Å²) in [6.45, 7) is 5.20. The zero-order valence-electron chi connectivity index (χ0n) is 13.8. The molecule has 1 atom stereocenters. The molecule has 0 saturated carbocycles. The van der Waals surface area contributed by atoms with Gasteiger partial charge in [0, 0.05) is 36.6 Å².